The number of nitrogens with zero attached hydrogens (tertiary/aromatic N) is 1. The van der Waals surface area contributed by atoms with Gasteiger partial charge in [-0.1, -0.05) is 140 Å². The summed E-state index contributed by atoms with van der Waals surface area (Å²) in [4.78, 5) is 2.38. The minimum atomic E-state index is 0.901. The Balaban J connectivity index is 1.30. The summed E-state index contributed by atoms with van der Waals surface area (Å²) in [5.74, 6) is 0. The molecule has 8 aromatic carbocycles. The summed E-state index contributed by atoms with van der Waals surface area (Å²) < 4.78 is 6.81. The van der Waals surface area contributed by atoms with Crippen molar-refractivity contribution in [2.75, 3.05) is 4.90 Å². The van der Waals surface area contributed by atoms with Crippen LogP contribution in [0.5, 0.6) is 0 Å². The Labute approximate surface area is 267 Å². The second kappa shape index (κ2) is 10.8. The first-order valence-electron chi connectivity index (χ1n) is 15.7. The molecule has 0 aliphatic carbocycles. The van der Waals surface area contributed by atoms with E-state index in [1.54, 1.807) is 0 Å². The molecule has 9 rings (SSSR count). The van der Waals surface area contributed by atoms with Crippen LogP contribution in [0.2, 0.25) is 0 Å². The van der Waals surface area contributed by atoms with E-state index < -0.39 is 0 Å². The van der Waals surface area contributed by atoms with E-state index in [0.717, 1.165) is 55.5 Å². The molecule has 0 aliphatic rings. The summed E-state index contributed by atoms with van der Waals surface area (Å²) in [5, 5.41) is 6.99. The van der Waals surface area contributed by atoms with Gasteiger partial charge in [0.05, 0.1) is 5.69 Å². The van der Waals surface area contributed by atoms with Crippen molar-refractivity contribution in [1.82, 2.24) is 0 Å². The fourth-order valence-corrected chi connectivity index (χ4v) is 6.83. The van der Waals surface area contributed by atoms with Gasteiger partial charge in [0.2, 0.25) is 0 Å². The van der Waals surface area contributed by atoms with Crippen LogP contribution in [-0.4, -0.2) is 0 Å². The van der Waals surface area contributed by atoms with Crippen molar-refractivity contribution in [2.24, 2.45) is 0 Å². The van der Waals surface area contributed by atoms with Crippen molar-refractivity contribution < 1.29 is 4.42 Å². The molecule has 0 bridgehead atoms. The number of hydrogen-bond acceptors (Lipinski definition) is 2. The van der Waals surface area contributed by atoms with E-state index >= 15 is 0 Å². The Morgan fingerprint density at radius 3 is 1.89 bits per heavy atom. The van der Waals surface area contributed by atoms with Gasteiger partial charge in [0.25, 0.3) is 0 Å². The van der Waals surface area contributed by atoms with Crippen LogP contribution in [0.15, 0.2) is 180 Å². The van der Waals surface area contributed by atoms with Gasteiger partial charge < -0.3 is 9.32 Å². The quantitative estimate of drug-likeness (QED) is 0.199. The number of anilines is 3. The molecule has 0 atom stereocenters. The zero-order valence-corrected chi connectivity index (χ0v) is 25.1. The summed E-state index contributed by atoms with van der Waals surface area (Å²) in [6, 6.07) is 62.7. The lowest BCUT2D eigenvalue weighted by molar-refractivity contribution is 0.674. The summed E-state index contributed by atoms with van der Waals surface area (Å²) >= 11 is 0. The van der Waals surface area contributed by atoms with Crippen molar-refractivity contribution in [3.05, 3.63) is 176 Å². The predicted octanol–water partition coefficient (Wildman–Crippen LogP) is 12.7. The van der Waals surface area contributed by atoms with E-state index in [2.05, 4.69) is 181 Å². The number of para-hydroxylation sites is 2. The van der Waals surface area contributed by atoms with Crippen molar-refractivity contribution in [3.8, 4) is 22.3 Å². The minimum Gasteiger partial charge on any atom is -0.455 e. The van der Waals surface area contributed by atoms with Crippen LogP contribution >= 0.6 is 0 Å². The van der Waals surface area contributed by atoms with Crippen molar-refractivity contribution in [3.63, 3.8) is 0 Å². The van der Waals surface area contributed by atoms with Gasteiger partial charge in [-0.3, -0.25) is 0 Å². The van der Waals surface area contributed by atoms with E-state index in [1.807, 2.05) is 0 Å². The zero-order chi connectivity index (χ0) is 30.5. The average molecular weight is 588 g/mol. The molecule has 1 aromatic heterocycles. The van der Waals surface area contributed by atoms with Crippen LogP contribution in [0.25, 0.3) is 65.7 Å². The molecule has 0 N–H and O–H groups in total. The second-order valence-electron chi connectivity index (χ2n) is 11.7. The zero-order valence-electron chi connectivity index (χ0n) is 25.1. The third-order valence-corrected chi connectivity index (χ3v) is 9.03. The van der Waals surface area contributed by atoms with E-state index in [1.165, 1.54) is 27.3 Å². The molecule has 0 spiro atoms. The van der Waals surface area contributed by atoms with E-state index in [4.69, 9.17) is 4.42 Å². The molecule has 0 aliphatic heterocycles. The van der Waals surface area contributed by atoms with Gasteiger partial charge in [-0.25, -0.2) is 0 Å². The predicted molar refractivity (Wildman–Crippen MR) is 194 cm³/mol. The molecule has 2 nitrogen and oxygen atoms in total. The molecule has 46 heavy (non-hydrogen) atoms. The van der Waals surface area contributed by atoms with Crippen LogP contribution in [-0.2, 0) is 0 Å². The maximum absolute atomic E-state index is 6.81. The van der Waals surface area contributed by atoms with Gasteiger partial charge in [0.15, 0.2) is 0 Å². The summed E-state index contributed by atoms with van der Waals surface area (Å²) in [6.45, 7) is 0. The topological polar surface area (TPSA) is 16.4 Å². The first-order chi connectivity index (χ1) is 22.8. The standard InChI is InChI=1S/C44H29NO/c1-2-12-30(13-3-1)34-17-10-18-35(28-34)45(36-26-24-31-14-4-5-16-33(31)29-36)42-23-9-8-20-38(42)39-21-11-22-40-41-27-25-32-15-6-7-19-37(32)43(41)46-44(39)40/h1-29H. The normalized spacial score (nSPS) is 11.5. The number of furan rings is 1. The number of hydrogen-bond donors (Lipinski definition) is 0. The Kier molecular flexibility index (Phi) is 6.17. The van der Waals surface area contributed by atoms with Crippen LogP contribution in [0.4, 0.5) is 17.1 Å². The highest BCUT2D eigenvalue weighted by Crippen LogP contribution is 2.45. The summed E-state index contributed by atoms with van der Waals surface area (Å²) in [5.41, 5.74) is 9.64. The van der Waals surface area contributed by atoms with E-state index in [-0.39, 0.29) is 0 Å². The van der Waals surface area contributed by atoms with E-state index in [9.17, 15) is 0 Å². The lowest BCUT2D eigenvalue weighted by atomic mass is 9.98. The number of fused-ring (bicyclic) bond motifs is 6. The van der Waals surface area contributed by atoms with Crippen molar-refractivity contribution in [2.45, 2.75) is 0 Å². The smallest absolute Gasteiger partial charge is 0.143 e. The lowest BCUT2D eigenvalue weighted by Crippen LogP contribution is -2.11. The second-order valence-corrected chi connectivity index (χ2v) is 11.7. The molecule has 9 aromatic rings. The molecular formula is C44H29NO. The number of rotatable bonds is 5. The molecule has 1 heterocycles. The molecule has 0 radical (unpaired) electrons. The summed E-state index contributed by atoms with van der Waals surface area (Å²) in [7, 11) is 0. The molecule has 216 valence electrons. The van der Waals surface area contributed by atoms with Gasteiger partial charge in [-0.15, -0.1) is 0 Å². The maximum Gasteiger partial charge on any atom is 0.143 e. The van der Waals surface area contributed by atoms with Crippen LogP contribution < -0.4 is 4.90 Å². The molecular weight excluding hydrogens is 558 g/mol. The molecule has 0 saturated heterocycles. The fourth-order valence-electron chi connectivity index (χ4n) is 6.83. The van der Waals surface area contributed by atoms with Crippen molar-refractivity contribution >= 4 is 60.5 Å². The van der Waals surface area contributed by atoms with Gasteiger partial charge >= 0.3 is 0 Å². The lowest BCUT2D eigenvalue weighted by Gasteiger charge is -2.28. The fraction of sp³-hybridized carbons (Fsp3) is 0. The van der Waals surface area contributed by atoms with Crippen LogP contribution in [0.1, 0.15) is 0 Å². The highest BCUT2D eigenvalue weighted by molar-refractivity contribution is 6.17. The Hall–Kier alpha value is -6.12. The van der Waals surface area contributed by atoms with Crippen LogP contribution in [0.3, 0.4) is 0 Å². The van der Waals surface area contributed by atoms with Crippen molar-refractivity contribution in [1.29, 1.82) is 0 Å². The Morgan fingerprint density at radius 2 is 0.978 bits per heavy atom. The third kappa shape index (κ3) is 4.35. The van der Waals surface area contributed by atoms with Gasteiger partial charge in [-0.2, -0.15) is 0 Å². The minimum absolute atomic E-state index is 0.901. The Morgan fingerprint density at radius 1 is 0.348 bits per heavy atom. The molecule has 0 saturated carbocycles. The van der Waals surface area contributed by atoms with Gasteiger partial charge in [0.1, 0.15) is 11.2 Å². The first kappa shape index (κ1) is 26.3. The highest BCUT2D eigenvalue weighted by atomic mass is 16.3. The number of benzene rings is 8. The highest BCUT2D eigenvalue weighted by Gasteiger charge is 2.21. The third-order valence-electron chi connectivity index (χ3n) is 9.03. The van der Waals surface area contributed by atoms with Crippen LogP contribution in [0, 0.1) is 0 Å². The molecule has 0 unspecified atom stereocenters. The monoisotopic (exact) mass is 587 g/mol. The molecule has 0 amide bonds. The first-order valence-corrected chi connectivity index (χ1v) is 15.7. The average Bonchev–Trinajstić information content (AvgIpc) is 3.52. The van der Waals surface area contributed by atoms with Gasteiger partial charge in [-0.05, 0) is 63.7 Å². The largest absolute Gasteiger partial charge is 0.455 e. The molecule has 0 fully saturated rings. The maximum atomic E-state index is 6.81. The summed E-state index contributed by atoms with van der Waals surface area (Å²) in [6.07, 6.45) is 0. The Bertz CT molecular complexity index is 2540. The SMILES string of the molecule is c1ccc(-c2cccc(N(c3ccc4ccccc4c3)c3ccccc3-c3cccc4c3oc3c5ccccc5ccc43)c2)cc1. The molecule has 2 heteroatoms. The van der Waals surface area contributed by atoms with E-state index in [0.29, 0.717) is 0 Å². The van der Waals surface area contributed by atoms with Gasteiger partial charge in [0, 0.05) is 38.7 Å².